The lowest BCUT2D eigenvalue weighted by Crippen LogP contribution is -2.51. The van der Waals surface area contributed by atoms with Crippen molar-refractivity contribution in [2.45, 2.75) is 57.0 Å². The number of sulfonamides is 1. The van der Waals surface area contributed by atoms with Gasteiger partial charge in [-0.1, -0.05) is 12.1 Å². The minimum Gasteiger partial charge on any atom is -0.339 e. The van der Waals surface area contributed by atoms with Gasteiger partial charge < -0.3 is 4.90 Å². The van der Waals surface area contributed by atoms with Gasteiger partial charge in [0.25, 0.3) is 0 Å². The second kappa shape index (κ2) is 6.79. The van der Waals surface area contributed by atoms with E-state index in [0.29, 0.717) is 6.54 Å². The van der Waals surface area contributed by atoms with Crippen LogP contribution in [-0.2, 0) is 14.8 Å². The number of piperidine rings is 1. The Balaban J connectivity index is 2.10. The molecule has 1 aliphatic rings. The highest BCUT2D eigenvalue weighted by Gasteiger charge is 2.29. The van der Waals surface area contributed by atoms with Crippen molar-refractivity contribution in [3.63, 3.8) is 0 Å². The molecule has 0 saturated carbocycles. The molecule has 2 atom stereocenters. The molecule has 5 nitrogen and oxygen atoms in total. The van der Waals surface area contributed by atoms with E-state index in [1.807, 2.05) is 19.9 Å². The van der Waals surface area contributed by atoms with E-state index < -0.39 is 16.1 Å². The van der Waals surface area contributed by atoms with E-state index in [9.17, 15) is 13.2 Å². The van der Waals surface area contributed by atoms with E-state index in [2.05, 4.69) is 4.72 Å². The largest absolute Gasteiger partial charge is 0.339 e. The van der Waals surface area contributed by atoms with Crippen molar-refractivity contribution in [2.75, 3.05) is 6.54 Å². The molecule has 1 aliphatic heterocycles. The lowest BCUT2D eigenvalue weighted by Gasteiger charge is -2.35. The number of rotatable bonds is 4. The first-order valence-electron chi connectivity index (χ1n) is 7.71. The Morgan fingerprint density at radius 3 is 2.73 bits per heavy atom. The first-order chi connectivity index (χ1) is 10.3. The van der Waals surface area contributed by atoms with Gasteiger partial charge in [-0.15, -0.1) is 0 Å². The molecule has 0 aliphatic carbocycles. The molecule has 2 rings (SSSR count). The molecule has 1 saturated heterocycles. The summed E-state index contributed by atoms with van der Waals surface area (Å²) in [5.41, 5.74) is 0.867. The molecule has 1 fully saturated rings. The Kier molecular flexibility index (Phi) is 5.24. The number of hydrogen-bond donors (Lipinski definition) is 1. The number of carbonyl (C=O) groups is 1. The van der Waals surface area contributed by atoms with Crippen molar-refractivity contribution in [3.05, 3.63) is 29.8 Å². The zero-order valence-electron chi connectivity index (χ0n) is 13.4. The number of aryl methyl sites for hydroxylation is 1. The van der Waals surface area contributed by atoms with Crippen LogP contribution in [-0.4, -0.2) is 37.9 Å². The molecule has 1 aromatic carbocycles. The van der Waals surface area contributed by atoms with Gasteiger partial charge in [0.15, 0.2) is 0 Å². The number of benzene rings is 1. The van der Waals surface area contributed by atoms with Gasteiger partial charge in [0.05, 0.1) is 10.9 Å². The van der Waals surface area contributed by atoms with Gasteiger partial charge in [-0.25, -0.2) is 8.42 Å². The lowest BCUT2D eigenvalue weighted by atomic mass is 10.0. The lowest BCUT2D eigenvalue weighted by molar-refractivity contribution is -0.135. The zero-order chi connectivity index (χ0) is 16.3. The van der Waals surface area contributed by atoms with Crippen molar-refractivity contribution < 1.29 is 13.2 Å². The van der Waals surface area contributed by atoms with Crippen LogP contribution in [0.4, 0.5) is 0 Å². The Labute approximate surface area is 132 Å². The highest BCUT2D eigenvalue weighted by Crippen LogP contribution is 2.18. The highest BCUT2D eigenvalue weighted by molar-refractivity contribution is 7.89. The first-order valence-corrected chi connectivity index (χ1v) is 9.19. The quantitative estimate of drug-likeness (QED) is 0.922. The molecule has 6 heteroatoms. The minimum atomic E-state index is -3.68. The van der Waals surface area contributed by atoms with Crippen molar-refractivity contribution in [1.82, 2.24) is 9.62 Å². The van der Waals surface area contributed by atoms with Crippen LogP contribution in [0.3, 0.4) is 0 Å². The van der Waals surface area contributed by atoms with E-state index in [4.69, 9.17) is 0 Å². The fraction of sp³-hybridized carbons (Fsp3) is 0.562. The minimum absolute atomic E-state index is 0.150. The maximum absolute atomic E-state index is 12.5. The summed E-state index contributed by atoms with van der Waals surface area (Å²) in [7, 11) is -3.68. The van der Waals surface area contributed by atoms with Crippen molar-refractivity contribution in [2.24, 2.45) is 0 Å². The van der Waals surface area contributed by atoms with Gasteiger partial charge in [0.1, 0.15) is 0 Å². The van der Waals surface area contributed by atoms with Crippen LogP contribution < -0.4 is 4.72 Å². The SMILES string of the molecule is Cc1cccc(S(=O)(=O)N[C@H](C)C(=O)N2CCCC[C@@H]2C)c1. The molecule has 0 spiro atoms. The summed E-state index contributed by atoms with van der Waals surface area (Å²) in [6.45, 7) is 6.16. The van der Waals surface area contributed by atoms with Gasteiger partial charge in [-0.05, 0) is 57.7 Å². The van der Waals surface area contributed by atoms with Crippen molar-refractivity contribution in [1.29, 1.82) is 0 Å². The number of nitrogens with zero attached hydrogens (tertiary/aromatic N) is 1. The molecule has 0 aromatic heterocycles. The Morgan fingerprint density at radius 2 is 2.09 bits per heavy atom. The molecule has 22 heavy (non-hydrogen) atoms. The Bertz CT molecular complexity index is 643. The molecular formula is C16H24N2O3S. The fourth-order valence-electron chi connectivity index (χ4n) is 2.81. The zero-order valence-corrected chi connectivity index (χ0v) is 14.2. The molecule has 1 N–H and O–H groups in total. The van der Waals surface area contributed by atoms with Crippen LogP contribution >= 0.6 is 0 Å². The summed E-state index contributed by atoms with van der Waals surface area (Å²) in [6, 6.07) is 6.09. The van der Waals surface area contributed by atoms with E-state index in [1.165, 1.54) is 6.07 Å². The third-order valence-electron chi connectivity index (χ3n) is 4.09. The summed E-state index contributed by atoms with van der Waals surface area (Å²) in [6.07, 6.45) is 3.07. The van der Waals surface area contributed by atoms with Crippen LogP contribution in [0.5, 0.6) is 0 Å². The number of carbonyl (C=O) groups excluding carboxylic acids is 1. The normalized spacial score (nSPS) is 20.7. The maximum atomic E-state index is 12.5. The smallest absolute Gasteiger partial charge is 0.241 e. The topological polar surface area (TPSA) is 66.5 Å². The van der Waals surface area contributed by atoms with Crippen LogP contribution in [0.1, 0.15) is 38.7 Å². The average molecular weight is 324 g/mol. The van der Waals surface area contributed by atoms with Crippen LogP contribution in [0.25, 0.3) is 0 Å². The maximum Gasteiger partial charge on any atom is 0.241 e. The molecular weight excluding hydrogens is 300 g/mol. The second-order valence-electron chi connectivity index (χ2n) is 6.04. The van der Waals surface area contributed by atoms with E-state index in [-0.39, 0.29) is 16.8 Å². The van der Waals surface area contributed by atoms with Crippen molar-refractivity contribution in [3.8, 4) is 0 Å². The van der Waals surface area contributed by atoms with Crippen LogP contribution in [0, 0.1) is 6.92 Å². The third kappa shape index (κ3) is 3.87. The van der Waals surface area contributed by atoms with Gasteiger partial charge in [0.2, 0.25) is 15.9 Å². The van der Waals surface area contributed by atoms with E-state index in [1.54, 1.807) is 24.0 Å². The van der Waals surface area contributed by atoms with E-state index >= 15 is 0 Å². The third-order valence-corrected chi connectivity index (χ3v) is 5.63. The van der Waals surface area contributed by atoms with Gasteiger partial charge in [-0.3, -0.25) is 4.79 Å². The molecule has 1 amide bonds. The van der Waals surface area contributed by atoms with E-state index in [0.717, 1.165) is 24.8 Å². The van der Waals surface area contributed by atoms with Crippen molar-refractivity contribution >= 4 is 15.9 Å². The summed E-state index contributed by atoms with van der Waals surface area (Å²) in [4.78, 5) is 14.5. The molecule has 122 valence electrons. The molecule has 0 unspecified atom stereocenters. The summed E-state index contributed by atoms with van der Waals surface area (Å²) >= 11 is 0. The molecule has 0 radical (unpaired) electrons. The summed E-state index contributed by atoms with van der Waals surface area (Å²) < 4.78 is 27.3. The number of amides is 1. The Hall–Kier alpha value is -1.40. The standard InChI is InChI=1S/C16H24N2O3S/c1-12-7-6-9-15(11-12)22(20,21)17-14(3)16(19)18-10-5-4-8-13(18)2/h6-7,9,11,13-14,17H,4-5,8,10H2,1-3H3/t13-,14+/m0/s1. The fourth-order valence-corrected chi connectivity index (χ4v) is 4.11. The van der Waals surface area contributed by atoms with Gasteiger partial charge in [0, 0.05) is 12.6 Å². The summed E-state index contributed by atoms with van der Waals surface area (Å²) in [5.74, 6) is -0.150. The number of likely N-dealkylation sites (tertiary alicyclic amines) is 1. The predicted octanol–water partition coefficient (Wildman–Crippen LogP) is 2.06. The predicted molar refractivity (Wildman–Crippen MR) is 86.0 cm³/mol. The number of hydrogen-bond acceptors (Lipinski definition) is 3. The molecule has 1 aromatic rings. The molecule has 0 bridgehead atoms. The van der Waals surface area contributed by atoms with Gasteiger partial charge in [-0.2, -0.15) is 4.72 Å². The first kappa shape index (κ1) is 17.0. The second-order valence-corrected chi connectivity index (χ2v) is 7.75. The monoisotopic (exact) mass is 324 g/mol. The van der Waals surface area contributed by atoms with Crippen LogP contribution in [0.2, 0.25) is 0 Å². The Morgan fingerprint density at radius 1 is 1.36 bits per heavy atom. The van der Waals surface area contributed by atoms with Crippen LogP contribution in [0.15, 0.2) is 29.2 Å². The highest BCUT2D eigenvalue weighted by atomic mass is 32.2. The van der Waals surface area contributed by atoms with Gasteiger partial charge >= 0.3 is 0 Å². The average Bonchev–Trinajstić information content (AvgIpc) is 2.46. The molecule has 1 heterocycles. The summed E-state index contributed by atoms with van der Waals surface area (Å²) in [5, 5.41) is 0. The number of nitrogens with one attached hydrogen (secondary N) is 1.